The molecule has 1 aliphatic heterocycles. The number of cyclic esters (lactones) is 1. The number of phenols is 4. The van der Waals surface area contributed by atoms with Crippen LogP contribution in [0, 0.1) is 11.8 Å². The van der Waals surface area contributed by atoms with Crippen LogP contribution in [0.1, 0.15) is 22.6 Å². The van der Waals surface area contributed by atoms with Gasteiger partial charge in [-0.15, -0.1) is 0 Å². The van der Waals surface area contributed by atoms with Gasteiger partial charge in [0.15, 0.2) is 23.0 Å². The summed E-state index contributed by atoms with van der Waals surface area (Å²) in [5.74, 6) is -1.95. The molecule has 2 aliphatic rings. The Bertz CT molecular complexity index is 844. The Balaban J connectivity index is 1.91. The first-order valence-electron chi connectivity index (χ1n) is 7.69. The number of aromatic hydroxyl groups is 4. The third kappa shape index (κ3) is 2.06. The van der Waals surface area contributed by atoms with Gasteiger partial charge in [0.2, 0.25) is 0 Å². The monoisotopic (exact) mass is 328 g/mol. The highest BCUT2D eigenvalue weighted by atomic mass is 16.5. The van der Waals surface area contributed by atoms with Crippen molar-refractivity contribution in [3.63, 3.8) is 0 Å². The lowest BCUT2D eigenvalue weighted by Crippen LogP contribution is -2.30. The van der Waals surface area contributed by atoms with E-state index in [2.05, 4.69) is 0 Å². The van der Waals surface area contributed by atoms with Gasteiger partial charge in [0.25, 0.3) is 0 Å². The molecule has 0 spiro atoms. The molecule has 4 N–H and O–H groups in total. The van der Waals surface area contributed by atoms with Crippen LogP contribution in [0.5, 0.6) is 23.0 Å². The molecule has 6 heteroatoms. The molecule has 0 saturated carbocycles. The fraction of sp³-hybridized carbons (Fsp3) is 0.278. The third-order valence-corrected chi connectivity index (χ3v) is 5.04. The summed E-state index contributed by atoms with van der Waals surface area (Å²) >= 11 is 0. The average molecular weight is 328 g/mol. The number of fused-ring (bicyclic) bond motifs is 2. The maximum absolute atomic E-state index is 12.0. The van der Waals surface area contributed by atoms with Crippen molar-refractivity contribution in [2.45, 2.75) is 12.3 Å². The van der Waals surface area contributed by atoms with Crippen LogP contribution >= 0.6 is 0 Å². The fourth-order valence-corrected chi connectivity index (χ4v) is 3.87. The van der Waals surface area contributed by atoms with Crippen LogP contribution in [0.15, 0.2) is 30.3 Å². The molecular weight excluding hydrogens is 312 g/mol. The smallest absolute Gasteiger partial charge is 0.309 e. The van der Waals surface area contributed by atoms with Crippen LogP contribution in [0.2, 0.25) is 0 Å². The average Bonchev–Trinajstić information content (AvgIpc) is 2.90. The first-order chi connectivity index (χ1) is 11.5. The number of esters is 1. The first-order valence-corrected chi connectivity index (χ1v) is 7.69. The van der Waals surface area contributed by atoms with Gasteiger partial charge in [-0.05, 0) is 47.4 Å². The Morgan fingerprint density at radius 1 is 0.917 bits per heavy atom. The number of hydrogen-bond acceptors (Lipinski definition) is 6. The van der Waals surface area contributed by atoms with Gasteiger partial charge in [-0.25, -0.2) is 0 Å². The highest BCUT2D eigenvalue weighted by Crippen LogP contribution is 2.49. The summed E-state index contributed by atoms with van der Waals surface area (Å²) in [5.41, 5.74) is 2.27. The summed E-state index contributed by atoms with van der Waals surface area (Å²) in [5, 5.41) is 39.1. The van der Waals surface area contributed by atoms with Crippen molar-refractivity contribution in [1.29, 1.82) is 0 Å². The minimum absolute atomic E-state index is 0.127. The summed E-state index contributed by atoms with van der Waals surface area (Å²) in [6, 6.07) is 7.50. The van der Waals surface area contributed by atoms with Gasteiger partial charge < -0.3 is 25.2 Å². The van der Waals surface area contributed by atoms with E-state index in [-0.39, 0.29) is 53.3 Å². The van der Waals surface area contributed by atoms with Gasteiger partial charge >= 0.3 is 5.97 Å². The zero-order chi connectivity index (χ0) is 17.0. The SMILES string of the molecule is O=C1OC[C@H]2[C@H](c3ccc(O)c(O)c3)c3cc(O)c(O)cc3C[C@@H]12. The van der Waals surface area contributed by atoms with E-state index in [0.717, 1.165) is 11.1 Å². The fourth-order valence-electron chi connectivity index (χ4n) is 3.87. The van der Waals surface area contributed by atoms with Gasteiger partial charge in [-0.2, -0.15) is 0 Å². The normalized spacial score (nSPS) is 25.0. The van der Waals surface area contributed by atoms with Crippen LogP contribution in [0.4, 0.5) is 0 Å². The number of phenolic OH excluding ortho intramolecular Hbond substituents is 4. The van der Waals surface area contributed by atoms with Crippen molar-refractivity contribution in [1.82, 2.24) is 0 Å². The van der Waals surface area contributed by atoms with Gasteiger partial charge in [-0.1, -0.05) is 6.07 Å². The number of rotatable bonds is 1. The molecule has 2 aromatic carbocycles. The first kappa shape index (κ1) is 14.7. The zero-order valence-electron chi connectivity index (χ0n) is 12.6. The van der Waals surface area contributed by atoms with E-state index in [9.17, 15) is 25.2 Å². The number of benzene rings is 2. The van der Waals surface area contributed by atoms with E-state index in [0.29, 0.717) is 12.0 Å². The van der Waals surface area contributed by atoms with Crippen LogP contribution < -0.4 is 0 Å². The Hall–Kier alpha value is -2.89. The third-order valence-electron chi connectivity index (χ3n) is 5.04. The summed E-state index contributed by atoms with van der Waals surface area (Å²) < 4.78 is 5.22. The highest BCUT2D eigenvalue weighted by molar-refractivity contribution is 5.77. The van der Waals surface area contributed by atoms with E-state index in [1.165, 1.54) is 24.3 Å². The van der Waals surface area contributed by atoms with Gasteiger partial charge in [0.05, 0.1) is 12.5 Å². The van der Waals surface area contributed by atoms with Crippen molar-refractivity contribution < 1.29 is 30.0 Å². The molecule has 124 valence electrons. The predicted octanol–water partition coefficient (Wildman–Crippen LogP) is 1.99. The largest absolute Gasteiger partial charge is 0.504 e. The molecule has 1 fully saturated rings. The Morgan fingerprint density at radius 2 is 1.62 bits per heavy atom. The Morgan fingerprint density at radius 3 is 2.38 bits per heavy atom. The molecule has 4 rings (SSSR count). The topological polar surface area (TPSA) is 107 Å². The molecule has 1 heterocycles. The second-order valence-corrected chi connectivity index (χ2v) is 6.37. The minimum Gasteiger partial charge on any atom is -0.504 e. The van der Waals surface area contributed by atoms with E-state index >= 15 is 0 Å². The van der Waals surface area contributed by atoms with Crippen LogP contribution in [0.25, 0.3) is 0 Å². The predicted molar refractivity (Wildman–Crippen MR) is 83.0 cm³/mol. The Labute approximate surface area is 137 Å². The van der Waals surface area contributed by atoms with Gasteiger partial charge in [0.1, 0.15) is 0 Å². The Kier molecular flexibility index (Phi) is 3.09. The summed E-state index contributed by atoms with van der Waals surface area (Å²) in [6.07, 6.45) is 0.438. The van der Waals surface area contributed by atoms with Gasteiger partial charge in [-0.3, -0.25) is 4.79 Å². The maximum atomic E-state index is 12.0. The maximum Gasteiger partial charge on any atom is 0.309 e. The minimum atomic E-state index is -0.331. The van der Waals surface area contributed by atoms with Crippen molar-refractivity contribution in [2.24, 2.45) is 11.8 Å². The highest BCUT2D eigenvalue weighted by Gasteiger charge is 2.47. The second-order valence-electron chi connectivity index (χ2n) is 6.37. The van der Waals surface area contributed by atoms with Crippen molar-refractivity contribution >= 4 is 5.97 Å². The van der Waals surface area contributed by atoms with Crippen LogP contribution in [-0.2, 0) is 16.0 Å². The lowest BCUT2D eigenvalue weighted by atomic mass is 9.67. The van der Waals surface area contributed by atoms with Crippen molar-refractivity contribution in [2.75, 3.05) is 6.61 Å². The number of hydrogen-bond donors (Lipinski definition) is 4. The molecule has 0 radical (unpaired) electrons. The molecule has 0 aromatic heterocycles. The van der Waals surface area contributed by atoms with E-state index in [4.69, 9.17) is 4.74 Å². The number of carbonyl (C=O) groups excluding carboxylic acids is 1. The molecule has 2 aromatic rings. The quantitative estimate of drug-likeness (QED) is 0.471. The summed E-state index contributed by atoms with van der Waals surface area (Å²) in [6.45, 7) is 0.261. The van der Waals surface area contributed by atoms with E-state index in [1.807, 2.05) is 0 Å². The van der Waals surface area contributed by atoms with Crippen LogP contribution in [-0.4, -0.2) is 33.0 Å². The summed E-state index contributed by atoms with van der Waals surface area (Å²) in [4.78, 5) is 12.0. The molecule has 1 saturated heterocycles. The molecule has 0 unspecified atom stereocenters. The molecule has 24 heavy (non-hydrogen) atoms. The second kappa shape index (κ2) is 5.06. The van der Waals surface area contributed by atoms with Crippen molar-refractivity contribution in [3.8, 4) is 23.0 Å². The molecule has 1 aliphatic carbocycles. The number of carbonyl (C=O) groups is 1. The molecule has 3 atom stereocenters. The lowest BCUT2D eigenvalue weighted by molar-refractivity contribution is -0.141. The van der Waals surface area contributed by atoms with E-state index < -0.39 is 0 Å². The van der Waals surface area contributed by atoms with E-state index in [1.54, 1.807) is 6.07 Å². The molecule has 0 amide bonds. The lowest BCUT2D eigenvalue weighted by Gasteiger charge is -2.33. The number of ether oxygens (including phenoxy) is 1. The molecule has 6 nitrogen and oxygen atoms in total. The zero-order valence-corrected chi connectivity index (χ0v) is 12.6. The van der Waals surface area contributed by atoms with Gasteiger partial charge in [0, 0.05) is 11.8 Å². The standard InChI is InChI=1S/C18H16O6/c19-13-2-1-8(4-14(13)20)17-10-6-16(22)15(21)5-9(10)3-11-12(17)7-24-18(11)23/h1-2,4-6,11-12,17,19-22H,3,7H2/t11-,12-,17-/m1/s1. The van der Waals surface area contributed by atoms with Crippen molar-refractivity contribution in [3.05, 3.63) is 47.0 Å². The van der Waals surface area contributed by atoms with Crippen LogP contribution in [0.3, 0.4) is 0 Å². The molecule has 0 bridgehead atoms. The summed E-state index contributed by atoms with van der Waals surface area (Å²) in [7, 11) is 0. The molecular formula is C18H16O6.